The molecule has 1 heterocycles. The number of thiophene rings is 1. The van der Waals surface area contributed by atoms with E-state index in [1.807, 2.05) is 13.1 Å². The second kappa shape index (κ2) is 8.55. The van der Waals surface area contributed by atoms with Crippen molar-refractivity contribution in [2.75, 3.05) is 20.3 Å². The molecule has 98 valence electrons. The van der Waals surface area contributed by atoms with Crippen molar-refractivity contribution in [3.05, 3.63) is 22.4 Å². The summed E-state index contributed by atoms with van der Waals surface area (Å²) in [5.41, 5.74) is 0. The first kappa shape index (κ1) is 14.5. The second-order valence-electron chi connectivity index (χ2n) is 3.86. The van der Waals surface area contributed by atoms with Crippen molar-refractivity contribution >= 4 is 11.3 Å². The van der Waals surface area contributed by atoms with Crippen molar-refractivity contribution < 1.29 is 13.5 Å². The molecule has 1 N–H and O–H groups in total. The van der Waals surface area contributed by atoms with Gasteiger partial charge in [0.05, 0.1) is 0 Å². The van der Waals surface area contributed by atoms with Gasteiger partial charge in [0.25, 0.3) is 6.43 Å². The summed E-state index contributed by atoms with van der Waals surface area (Å²) in [6.45, 7) is -0.0678. The highest BCUT2D eigenvalue weighted by Gasteiger charge is 2.08. The van der Waals surface area contributed by atoms with Gasteiger partial charge >= 0.3 is 0 Å². The molecular formula is C12H19F2NOS. The predicted molar refractivity (Wildman–Crippen MR) is 66.9 cm³/mol. The van der Waals surface area contributed by atoms with E-state index in [0.29, 0.717) is 12.6 Å². The van der Waals surface area contributed by atoms with Crippen LogP contribution in [0.3, 0.4) is 0 Å². The Kier molecular flexibility index (Phi) is 7.32. The van der Waals surface area contributed by atoms with Crippen LogP contribution in [0.15, 0.2) is 17.5 Å². The lowest BCUT2D eigenvalue weighted by molar-refractivity contribution is 0.0144. The summed E-state index contributed by atoms with van der Waals surface area (Å²) in [6.07, 6.45) is 0.441. The van der Waals surface area contributed by atoms with Crippen LogP contribution in [0, 0.1) is 0 Å². The van der Waals surface area contributed by atoms with E-state index >= 15 is 0 Å². The topological polar surface area (TPSA) is 21.3 Å². The third-order valence-electron chi connectivity index (χ3n) is 2.58. The van der Waals surface area contributed by atoms with Crippen LogP contribution in [0.4, 0.5) is 8.78 Å². The Morgan fingerprint density at radius 2 is 2.24 bits per heavy atom. The molecule has 0 aliphatic rings. The van der Waals surface area contributed by atoms with E-state index in [-0.39, 0.29) is 0 Å². The van der Waals surface area contributed by atoms with Crippen LogP contribution in [0.1, 0.15) is 17.7 Å². The van der Waals surface area contributed by atoms with Crippen molar-refractivity contribution in [2.24, 2.45) is 0 Å². The van der Waals surface area contributed by atoms with E-state index in [1.54, 1.807) is 11.3 Å². The van der Waals surface area contributed by atoms with Gasteiger partial charge in [-0.15, -0.1) is 11.3 Å². The first-order chi connectivity index (χ1) is 8.22. The standard InChI is InChI=1S/C12H19F2NOS/c1-15-10(6-7-16-9-12(13)14)4-5-11-3-2-8-17-11/h2-3,8,10,12,15H,4-7,9H2,1H3. The van der Waals surface area contributed by atoms with E-state index < -0.39 is 13.0 Å². The minimum absolute atomic E-state index is 0.328. The van der Waals surface area contributed by atoms with Crippen molar-refractivity contribution in [3.63, 3.8) is 0 Å². The molecular weight excluding hydrogens is 244 g/mol. The molecule has 1 aromatic rings. The number of halogens is 2. The third kappa shape index (κ3) is 6.71. The molecule has 0 aliphatic heterocycles. The third-order valence-corrected chi connectivity index (χ3v) is 3.52. The van der Waals surface area contributed by atoms with Crippen molar-refractivity contribution in [1.29, 1.82) is 0 Å². The maximum absolute atomic E-state index is 11.8. The molecule has 1 atom stereocenters. The quantitative estimate of drug-likeness (QED) is 0.692. The molecule has 2 nitrogen and oxygen atoms in total. The number of hydrogen-bond donors (Lipinski definition) is 1. The van der Waals surface area contributed by atoms with E-state index in [0.717, 1.165) is 19.3 Å². The molecule has 0 spiro atoms. The number of aryl methyl sites for hydroxylation is 1. The van der Waals surface area contributed by atoms with Gasteiger partial charge in [0.2, 0.25) is 0 Å². The van der Waals surface area contributed by atoms with E-state index in [4.69, 9.17) is 4.74 Å². The van der Waals surface area contributed by atoms with Gasteiger partial charge in [-0.3, -0.25) is 0 Å². The van der Waals surface area contributed by atoms with Crippen LogP contribution in [-0.4, -0.2) is 32.7 Å². The first-order valence-electron chi connectivity index (χ1n) is 5.78. The Balaban J connectivity index is 2.11. The summed E-state index contributed by atoms with van der Waals surface area (Å²) in [7, 11) is 1.90. The molecule has 1 unspecified atom stereocenters. The van der Waals surface area contributed by atoms with Crippen LogP contribution in [0.5, 0.6) is 0 Å². The van der Waals surface area contributed by atoms with E-state index in [1.165, 1.54) is 4.88 Å². The first-order valence-corrected chi connectivity index (χ1v) is 6.66. The van der Waals surface area contributed by atoms with Gasteiger partial charge in [0.1, 0.15) is 6.61 Å². The summed E-state index contributed by atoms with van der Waals surface area (Å²) in [6, 6.07) is 4.49. The molecule has 0 saturated heterocycles. The molecule has 1 aromatic heterocycles. The zero-order chi connectivity index (χ0) is 12.5. The highest BCUT2D eigenvalue weighted by molar-refractivity contribution is 7.09. The summed E-state index contributed by atoms with van der Waals surface area (Å²) in [4.78, 5) is 1.36. The number of ether oxygens (including phenoxy) is 1. The summed E-state index contributed by atoms with van der Waals surface area (Å²) in [5, 5.41) is 5.25. The van der Waals surface area contributed by atoms with E-state index in [9.17, 15) is 8.78 Å². The highest BCUT2D eigenvalue weighted by atomic mass is 32.1. The lowest BCUT2D eigenvalue weighted by atomic mass is 10.1. The molecule has 0 radical (unpaired) electrons. The van der Waals surface area contributed by atoms with Gasteiger partial charge in [0, 0.05) is 17.5 Å². The van der Waals surface area contributed by atoms with Crippen LogP contribution in [0.25, 0.3) is 0 Å². The van der Waals surface area contributed by atoms with Crippen molar-refractivity contribution in [2.45, 2.75) is 31.7 Å². The summed E-state index contributed by atoms with van der Waals surface area (Å²) >= 11 is 1.75. The van der Waals surface area contributed by atoms with Crippen LogP contribution in [-0.2, 0) is 11.2 Å². The van der Waals surface area contributed by atoms with Gasteiger partial charge in [-0.2, -0.15) is 0 Å². The lowest BCUT2D eigenvalue weighted by Gasteiger charge is -2.15. The average molecular weight is 263 g/mol. The monoisotopic (exact) mass is 263 g/mol. The summed E-state index contributed by atoms with van der Waals surface area (Å²) < 4.78 is 28.5. The van der Waals surface area contributed by atoms with Gasteiger partial charge < -0.3 is 10.1 Å². The SMILES string of the molecule is CNC(CCOCC(F)F)CCc1cccs1. The Morgan fingerprint density at radius 1 is 1.41 bits per heavy atom. The summed E-state index contributed by atoms with van der Waals surface area (Å²) in [5.74, 6) is 0. The number of nitrogens with one attached hydrogen (secondary N) is 1. The van der Waals surface area contributed by atoms with Crippen molar-refractivity contribution in [1.82, 2.24) is 5.32 Å². The molecule has 0 fully saturated rings. The molecule has 0 saturated carbocycles. The Labute approximate surface area is 105 Å². The van der Waals surface area contributed by atoms with Gasteiger partial charge in [0.15, 0.2) is 0 Å². The van der Waals surface area contributed by atoms with Gasteiger partial charge in [-0.1, -0.05) is 6.07 Å². The molecule has 1 rings (SSSR count). The number of rotatable bonds is 9. The fourth-order valence-corrected chi connectivity index (χ4v) is 2.33. The smallest absolute Gasteiger partial charge is 0.261 e. The molecule has 17 heavy (non-hydrogen) atoms. The Bertz CT molecular complexity index is 280. The average Bonchev–Trinajstić information content (AvgIpc) is 2.81. The maximum Gasteiger partial charge on any atom is 0.261 e. The lowest BCUT2D eigenvalue weighted by Crippen LogP contribution is -2.27. The van der Waals surface area contributed by atoms with Gasteiger partial charge in [-0.25, -0.2) is 8.78 Å². The second-order valence-corrected chi connectivity index (χ2v) is 4.89. The molecule has 0 aromatic carbocycles. The molecule has 0 bridgehead atoms. The van der Waals surface area contributed by atoms with Crippen LogP contribution in [0.2, 0.25) is 0 Å². The van der Waals surface area contributed by atoms with Gasteiger partial charge in [-0.05, 0) is 37.8 Å². The number of alkyl halides is 2. The fourth-order valence-electron chi connectivity index (χ4n) is 1.60. The molecule has 5 heteroatoms. The Hall–Kier alpha value is -0.520. The normalized spacial score (nSPS) is 13.2. The zero-order valence-corrected chi connectivity index (χ0v) is 10.8. The minimum atomic E-state index is -2.37. The van der Waals surface area contributed by atoms with E-state index in [2.05, 4.69) is 16.8 Å². The van der Waals surface area contributed by atoms with Crippen LogP contribution < -0.4 is 5.32 Å². The maximum atomic E-state index is 11.8. The van der Waals surface area contributed by atoms with Crippen molar-refractivity contribution in [3.8, 4) is 0 Å². The minimum Gasteiger partial charge on any atom is -0.375 e. The fraction of sp³-hybridized carbons (Fsp3) is 0.667. The highest BCUT2D eigenvalue weighted by Crippen LogP contribution is 2.13. The predicted octanol–water partition coefficient (Wildman–Crippen LogP) is 2.94. The zero-order valence-electron chi connectivity index (χ0n) is 9.99. The molecule has 0 aliphatic carbocycles. The number of hydrogen-bond acceptors (Lipinski definition) is 3. The van der Waals surface area contributed by atoms with Crippen LogP contribution >= 0.6 is 11.3 Å². The molecule has 0 amide bonds. The Morgan fingerprint density at radius 3 is 2.82 bits per heavy atom. The largest absolute Gasteiger partial charge is 0.375 e.